The number of aryl methyl sites for hydroxylation is 1. The van der Waals surface area contributed by atoms with Gasteiger partial charge in [0.2, 0.25) is 0 Å². The van der Waals surface area contributed by atoms with Crippen LogP contribution < -0.4 is 5.32 Å². The monoisotopic (exact) mass is 334 g/mol. The maximum atomic E-state index is 8.87. The molecule has 5 heteroatoms. The van der Waals surface area contributed by atoms with Crippen LogP contribution in [0.15, 0.2) is 29.5 Å². The van der Waals surface area contributed by atoms with Crippen molar-refractivity contribution in [1.82, 2.24) is 0 Å². The van der Waals surface area contributed by atoms with E-state index in [9.17, 15) is 0 Å². The van der Waals surface area contributed by atoms with Crippen LogP contribution in [0.2, 0.25) is 0 Å². The smallest absolute Gasteiger partial charge is 0.163 e. The Morgan fingerprint density at radius 1 is 1.18 bits per heavy atom. The van der Waals surface area contributed by atoms with E-state index in [0.717, 1.165) is 9.13 Å². The second kappa shape index (κ2) is 5.89. The van der Waals surface area contributed by atoms with Gasteiger partial charge in [0.1, 0.15) is 23.9 Å². The predicted octanol–water partition coefficient (Wildman–Crippen LogP) is 2.84. The van der Waals surface area contributed by atoms with Gasteiger partial charge in [-0.15, -0.1) is 0 Å². The molecule has 0 aliphatic rings. The third kappa shape index (κ3) is 3.21. The van der Waals surface area contributed by atoms with E-state index in [2.05, 4.69) is 27.9 Å². The second-order valence-electron chi connectivity index (χ2n) is 3.17. The Balaban J connectivity index is 3.11. The maximum absolute atomic E-state index is 8.87. The van der Waals surface area contributed by atoms with Gasteiger partial charge in [-0.3, -0.25) is 0 Å². The summed E-state index contributed by atoms with van der Waals surface area (Å²) in [5.41, 5.74) is 1.55. The number of hydrogen-bond acceptors (Lipinski definition) is 4. The highest BCUT2D eigenvalue weighted by molar-refractivity contribution is 14.1. The van der Waals surface area contributed by atoms with Crippen LogP contribution in [0.25, 0.3) is 0 Å². The van der Waals surface area contributed by atoms with Crippen molar-refractivity contribution in [3.8, 4) is 18.2 Å². The molecule has 0 saturated carbocycles. The maximum Gasteiger partial charge on any atom is 0.163 e. The molecule has 1 aromatic carbocycles. The van der Waals surface area contributed by atoms with Gasteiger partial charge in [-0.1, -0.05) is 6.07 Å². The largest absolute Gasteiger partial charge is 0.345 e. The molecule has 0 amide bonds. The van der Waals surface area contributed by atoms with E-state index in [0.29, 0.717) is 5.69 Å². The molecule has 0 atom stereocenters. The molecule has 0 heterocycles. The highest BCUT2D eigenvalue weighted by atomic mass is 127. The Kier molecular flexibility index (Phi) is 4.51. The number of nitrogens with zero attached hydrogens (tertiary/aromatic N) is 3. The van der Waals surface area contributed by atoms with Gasteiger partial charge in [0, 0.05) is 9.26 Å². The average molecular weight is 334 g/mol. The van der Waals surface area contributed by atoms with Crippen LogP contribution in [0.3, 0.4) is 0 Å². The van der Waals surface area contributed by atoms with Gasteiger partial charge in [0.25, 0.3) is 0 Å². The average Bonchev–Trinajstić information content (AvgIpc) is 2.33. The van der Waals surface area contributed by atoms with Crippen LogP contribution in [0.1, 0.15) is 5.56 Å². The number of allylic oxidation sites excluding steroid dienone is 2. The fourth-order valence-electron chi connectivity index (χ4n) is 1.10. The fraction of sp³-hybridized carbons (Fsp3) is 0.0833. The van der Waals surface area contributed by atoms with E-state index in [1.807, 2.05) is 25.1 Å². The number of benzene rings is 1. The van der Waals surface area contributed by atoms with Crippen molar-refractivity contribution in [3.63, 3.8) is 0 Å². The lowest BCUT2D eigenvalue weighted by molar-refractivity contribution is 1.35. The summed E-state index contributed by atoms with van der Waals surface area (Å²) in [6.07, 6.45) is 0. The van der Waals surface area contributed by atoms with Gasteiger partial charge < -0.3 is 5.32 Å². The lowest BCUT2D eigenvalue weighted by Crippen LogP contribution is -2.01. The van der Waals surface area contributed by atoms with Crippen molar-refractivity contribution >= 4 is 28.3 Å². The van der Waals surface area contributed by atoms with Crippen LogP contribution in [-0.4, -0.2) is 0 Å². The minimum atomic E-state index is -0.219. The standard InChI is InChI=1S/C12H7IN4/c1-8-2-3-10(4-11(8)13)17-12(7-16)9(5-14)6-15/h2-4,17H,1H3. The summed E-state index contributed by atoms with van der Waals surface area (Å²) in [6.45, 7) is 1.97. The molecular formula is C12H7IN4. The molecule has 0 spiro atoms. The van der Waals surface area contributed by atoms with Crippen LogP contribution in [-0.2, 0) is 0 Å². The third-order valence-corrected chi connectivity index (χ3v) is 3.19. The summed E-state index contributed by atoms with van der Waals surface area (Å²) in [5, 5.41) is 29.0. The van der Waals surface area contributed by atoms with Crippen LogP contribution in [0.5, 0.6) is 0 Å². The molecule has 0 fully saturated rings. The molecule has 17 heavy (non-hydrogen) atoms. The SMILES string of the molecule is Cc1ccc(NC(C#N)=C(C#N)C#N)cc1I. The number of halogens is 1. The molecule has 82 valence electrons. The molecule has 0 radical (unpaired) electrons. The van der Waals surface area contributed by atoms with E-state index in [1.54, 1.807) is 18.2 Å². The number of nitrogens with one attached hydrogen (secondary N) is 1. The van der Waals surface area contributed by atoms with Crippen molar-refractivity contribution in [1.29, 1.82) is 15.8 Å². The third-order valence-electron chi connectivity index (χ3n) is 2.03. The lowest BCUT2D eigenvalue weighted by atomic mass is 10.2. The quantitative estimate of drug-likeness (QED) is 0.666. The van der Waals surface area contributed by atoms with Crippen molar-refractivity contribution in [2.75, 3.05) is 5.32 Å². The van der Waals surface area contributed by atoms with Gasteiger partial charge >= 0.3 is 0 Å². The molecule has 0 aliphatic carbocycles. The number of hydrogen-bond donors (Lipinski definition) is 1. The minimum Gasteiger partial charge on any atom is -0.345 e. The minimum absolute atomic E-state index is 0.0327. The Hall–Kier alpha value is -2.04. The summed E-state index contributed by atoms with van der Waals surface area (Å²) < 4.78 is 1.04. The molecule has 4 nitrogen and oxygen atoms in total. The first kappa shape index (κ1) is 13.0. The summed E-state index contributed by atoms with van der Waals surface area (Å²) >= 11 is 2.18. The molecule has 0 aromatic heterocycles. The Morgan fingerprint density at radius 3 is 2.29 bits per heavy atom. The van der Waals surface area contributed by atoms with E-state index in [4.69, 9.17) is 15.8 Å². The summed E-state index contributed by atoms with van der Waals surface area (Å²) in [5.74, 6) is 0. The summed E-state index contributed by atoms with van der Waals surface area (Å²) in [7, 11) is 0. The zero-order valence-corrected chi connectivity index (χ0v) is 11.1. The Labute approximate surface area is 113 Å². The Morgan fingerprint density at radius 2 is 1.82 bits per heavy atom. The van der Waals surface area contributed by atoms with Crippen molar-refractivity contribution < 1.29 is 0 Å². The number of anilines is 1. The van der Waals surface area contributed by atoms with Gasteiger partial charge in [0.05, 0.1) is 0 Å². The van der Waals surface area contributed by atoms with Crippen molar-refractivity contribution in [2.45, 2.75) is 6.92 Å². The Bertz CT molecular complexity index is 580. The zero-order valence-electron chi connectivity index (χ0n) is 8.95. The zero-order chi connectivity index (χ0) is 12.8. The molecular weight excluding hydrogens is 327 g/mol. The van der Waals surface area contributed by atoms with Crippen molar-refractivity contribution in [3.05, 3.63) is 38.6 Å². The number of rotatable bonds is 2. The van der Waals surface area contributed by atoms with Gasteiger partial charge in [-0.25, -0.2) is 0 Å². The molecule has 0 unspecified atom stereocenters. The first-order chi connectivity index (χ1) is 8.12. The van der Waals surface area contributed by atoms with Crippen LogP contribution in [0, 0.1) is 44.5 Å². The molecule has 1 rings (SSSR count). The first-order valence-corrected chi connectivity index (χ1v) is 5.68. The van der Waals surface area contributed by atoms with E-state index in [1.165, 1.54) is 0 Å². The summed E-state index contributed by atoms with van der Waals surface area (Å²) in [4.78, 5) is 0. The molecule has 0 bridgehead atoms. The molecule has 0 saturated heterocycles. The predicted molar refractivity (Wildman–Crippen MR) is 71.4 cm³/mol. The van der Waals surface area contributed by atoms with E-state index >= 15 is 0 Å². The summed E-state index contributed by atoms with van der Waals surface area (Å²) in [6, 6.07) is 10.7. The first-order valence-electron chi connectivity index (χ1n) is 4.60. The molecule has 1 N–H and O–H groups in total. The highest BCUT2D eigenvalue weighted by Gasteiger charge is 2.06. The lowest BCUT2D eigenvalue weighted by Gasteiger charge is -2.06. The van der Waals surface area contributed by atoms with Gasteiger partial charge in [-0.2, -0.15) is 15.8 Å². The highest BCUT2D eigenvalue weighted by Crippen LogP contribution is 2.19. The molecule has 0 aliphatic heterocycles. The van der Waals surface area contributed by atoms with Crippen molar-refractivity contribution in [2.24, 2.45) is 0 Å². The number of nitriles is 3. The van der Waals surface area contributed by atoms with Crippen LogP contribution >= 0.6 is 22.6 Å². The normalized spacial score (nSPS) is 8.41. The molecule has 1 aromatic rings. The van der Waals surface area contributed by atoms with E-state index < -0.39 is 0 Å². The topological polar surface area (TPSA) is 83.4 Å². The van der Waals surface area contributed by atoms with Gasteiger partial charge in [0.15, 0.2) is 5.57 Å². The fourth-order valence-corrected chi connectivity index (χ4v) is 1.61. The second-order valence-corrected chi connectivity index (χ2v) is 4.34. The van der Waals surface area contributed by atoms with Crippen LogP contribution in [0.4, 0.5) is 5.69 Å². The van der Waals surface area contributed by atoms with Gasteiger partial charge in [-0.05, 0) is 47.2 Å². The van der Waals surface area contributed by atoms with E-state index in [-0.39, 0.29) is 11.3 Å².